The van der Waals surface area contributed by atoms with Crippen molar-refractivity contribution in [3.05, 3.63) is 66.0 Å². The SMILES string of the molecule is CCSc1ccc(C(=O)Nc2ccc(SCc3nc(OC)cc(OC)n3)cc2)cc1. The van der Waals surface area contributed by atoms with Crippen LogP contribution in [-0.4, -0.2) is 35.8 Å². The van der Waals surface area contributed by atoms with E-state index in [1.807, 2.05) is 48.5 Å². The maximum absolute atomic E-state index is 12.4. The molecule has 3 rings (SSSR count). The zero-order valence-electron chi connectivity index (χ0n) is 17.0. The lowest BCUT2D eigenvalue weighted by Gasteiger charge is -2.08. The molecule has 2 aromatic carbocycles. The number of methoxy groups -OCH3 is 2. The first-order chi connectivity index (χ1) is 14.6. The van der Waals surface area contributed by atoms with Gasteiger partial charge in [0, 0.05) is 21.0 Å². The number of nitrogens with zero attached hydrogens (tertiary/aromatic N) is 2. The molecule has 0 spiro atoms. The topological polar surface area (TPSA) is 73.3 Å². The minimum atomic E-state index is -0.125. The summed E-state index contributed by atoms with van der Waals surface area (Å²) in [6.07, 6.45) is 0. The molecule has 0 aliphatic heterocycles. The van der Waals surface area contributed by atoms with Gasteiger partial charge in [-0.1, -0.05) is 6.92 Å². The summed E-state index contributed by atoms with van der Waals surface area (Å²) >= 11 is 3.34. The number of ether oxygens (including phenoxy) is 2. The first-order valence-corrected chi connectivity index (χ1v) is 11.3. The Morgan fingerprint density at radius 2 is 1.47 bits per heavy atom. The van der Waals surface area contributed by atoms with Gasteiger partial charge in [-0.25, -0.2) is 0 Å². The Balaban J connectivity index is 1.57. The van der Waals surface area contributed by atoms with Gasteiger partial charge in [-0.3, -0.25) is 4.79 Å². The second-order valence-electron chi connectivity index (χ2n) is 6.09. The molecule has 0 saturated carbocycles. The predicted octanol–water partition coefficient (Wildman–Crippen LogP) is 5.15. The lowest BCUT2D eigenvalue weighted by Crippen LogP contribution is -2.11. The number of amides is 1. The maximum Gasteiger partial charge on any atom is 0.255 e. The van der Waals surface area contributed by atoms with Gasteiger partial charge in [0.15, 0.2) is 0 Å². The van der Waals surface area contributed by atoms with Gasteiger partial charge >= 0.3 is 0 Å². The van der Waals surface area contributed by atoms with E-state index < -0.39 is 0 Å². The number of carbonyl (C=O) groups is 1. The van der Waals surface area contributed by atoms with E-state index in [9.17, 15) is 4.79 Å². The maximum atomic E-state index is 12.4. The van der Waals surface area contributed by atoms with Gasteiger partial charge in [0.2, 0.25) is 11.8 Å². The van der Waals surface area contributed by atoms with E-state index in [0.717, 1.165) is 21.2 Å². The Morgan fingerprint density at radius 1 is 0.900 bits per heavy atom. The zero-order valence-corrected chi connectivity index (χ0v) is 18.7. The van der Waals surface area contributed by atoms with Crippen molar-refractivity contribution < 1.29 is 14.3 Å². The Labute approximate surface area is 184 Å². The van der Waals surface area contributed by atoms with E-state index in [2.05, 4.69) is 22.2 Å². The van der Waals surface area contributed by atoms with Crippen LogP contribution >= 0.6 is 23.5 Å². The van der Waals surface area contributed by atoms with Crippen molar-refractivity contribution in [1.29, 1.82) is 0 Å². The highest BCUT2D eigenvalue weighted by Crippen LogP contribution is 2.25. The number of nitrogens with one attached hydrogen (secondary N) is 1. The highest BCUT2D eigenvalue weighted by atomic mass is 32.2. The fourth-order valence-corrected chi connectivity index (χ4v) is 3.99. The fraction of sp³-hybridized carbons (Fsp3) is 0.227. The standard InChI is InChI=1S/C22H23N3O3S2/c1-4-29-17-9-5-15(6-10-17)22(26)23-16-7-11-18(12-8-16)30-14-19-24-20(27-2)13-21(25-19)28-3/h5-13H,4,14H2,1-3H3,(H,23,26). The van der Waals surface area contributed by atoms with Crippen molar-refractivity contribution in [2.24, 2.45) is 0 Å². The summed E-state index contributed by atoms with van der Waals surface area (Å²) in [5.74, 6) is 3.02. The van der Waals surface area contributed by atoms with Gasteiger partial charge in [0.05, 0.1) is 26.0 Å². The van der Waals surface area contributed by atoms with Gasteiger partial charge in [-0.15, -0.1) is 23.5 Å². The molecule has 1 N–H and O–H groups in total. The average Bonchev–Trinajstić information content (AvgIpc) is 2.79. The van der Waals surface area contributed by atoms with Gasteiger partial charge < -0.3 is 14.8 Å². The van der Waals surface area contributed by atoms with E-state index in [0.29, 0.717) is 28.9 Å². The Kier molecular flexibility index (Phi) is 7.98. The van der Waals surface area contributed by atoms with E-state index in [-0.39, 0.29) is 5.91 Å². The summed E-state index contributed by atoms with van der Waals surface area (Å²) < 4.78 is 10.4. The van der Waals surface area contributed by atoms with E-state index >= 15 is 0 Å². The largest absolute Gasteiger partial charge is 0.481 e. The molecule has 0 bridgehead atoms. The molecular weight excluding hydrogens is 418 g/mol. The second kappa shape index (κ2) is 10.9. The molecule has 0 unspecified atom stereocenters. The number of rotatable bonds is 9. The quantitative estimate of drug-likeness (QED) is 0.460. The van der Waals surface area contributed by atoms with Crippen LogP contribution in [0.5, 0.6) is 11.8 Å². The molecule has 6 nitrogen and oxygen atoms in total. The molecule has 1 amide bonds. The van der Waals surface area contributed by atoms with Crippen LogP contribution in [0.1, 0.15) is 23.1 Å². The van der Waals surface area contributed by atoms with Crippen molar-refractivity contribution in [1.82, 2.24) is 9.97 Å². The van der Waals surface area contributed by atoms with Crippen molar-refractivity contribution in [3.63, 3.8) is 0 Å². The normalized spacial score (nSPS) is 10.5. The van der Waals surface area contributed by atoms with Crippen LogP contribution in [0.2, 0.25) is 0 Å². The second-order valence-corrected chi connectivity index (χ2v) is 8.48. The summed E-state index contributed by atoms with van der Waals surface area (Å²) in [6, 6.07) is 17.0. The summed E-state index contributed by atoms with van der Waals surface area (Å²) in [5, 5.41) is 2.93. The van der Waals surface area contributed by atoms with E-state index in [1.165, 1.54) is 0 Å². The van der Waals surface area contributed by atoms with Crippen LogP contribution in [0, 0.1) is 0 Å². The van der Waals surface area contributed by atoms with Crippen molar-refractivity contribution in [3.8, 4) is 11.8 Å². The number of benzene rings is 2. The number of aromatic nitrogens is 2. The lowest BCUT2D eigenvalue weighted by atomic mass is 10.2. The molecule has 1 heterocycles. The summed E-state index contributed by atoms with van der Waals surface area (Å²) in [4.78, 5) is 23.3. The van der Waals surface area contributed by atoms with Crippen molar-refractivity contribution in [2.45, 2.75) is 22.5 Å². The highest BCUT2D eigenvalue weighted by molar-refractivity contribution is 7.99. The van der Waals surface area contributed by atoms with E-state index in [1.54, 1.807) is 43.8 Å². The van der Waals surface area contributed by atoms with E-state index in [4.69, 9.17) is 9.47 Å². The first-order valence-electron chi connectivity index (χ1n) is 9.34. The molecule has 3 aromatic rings. The van der Waals surface area contributed by atoms with Crippen LogP contribution < -0.4 is 14.8 Å². The molecule has 30 heavy (non-hydrogen) atoms. The summed E-state index contributed by atoms with van der Waals surface area (Å²) in [5.41, 5.74) is 1.38. The minimum Gasteiger partial charge on any atom is -0.481 e. The Bertz CT molecular complexity index is 958. The lowest BCUT2D eigenvalue weighted by molar-refractivity contribution is 0.102. The highest BCUT2D eigenvalue weighted by Gasteiger charge is 2.08. The Hall–Kier alpha value is -2.71. The van der Waals surface area contributed by atoms with Crippen LogP contribution in [0.4, 0.5) is 5.69 Å². The molecule has 156 valence electrons. The molecular formula is C22H23N3O3S2. The first kappa shape index (κ1) is 22.0. The van der Waals surface area contributed by atoms with Gasteiger partial charge in [-0.05, 0) is 54.3 Å². The minimum absolute atomic E-state index is 0.125. The number of carbonyl (C=O) groups excluding carboxylic acids is 1. The summed E-state index contributed by atoms with van der Waals surface area (Å²) in [6.45, 7) is 2.10. The fourth-order valence-electron chi connectivity index (χ4n) is 2.58. The van der Waals surface area contributed by atoms with Gasteiger partial charge in [0.1, 0.15) is 5.82 Å². The van der Waals surface area contributed by atoms with Crippen LogP contribution in [-0.2, 0) is 5.75 Å². The smallest absolute Gasteiger partial charge is 0.255 e. The molecule has 0 fully saturated rings. The number of anilines is 1. The molecule has 8 heteroatoms. The third-order valence-electron chi connectivity index (χ3n) is 4.05. The predicted molar refractivity (Wildman–Crippen MR) is 122 cm³/mol. The van der Waals surface area contributed by atoms with Crippen LogP contribution in [0.3, 0.4) is 0 Å². The molecule has 0 aliphatic carbocycles. The molecule has 0 aliphatic rings. The summed E-state index contributed by atoms with van der Waals surface area (Å²) in [7, 11) is 3.12. The van der Waals surface area contributed by atoms with Crippen molar-refractivity contribution in [2.75, 3.05) is 25.3 Å². The monoisotopic (exact) mass is 441 g/mol. The molecule has 1 aromatic heterocycles. The third kappa shape index (κ3) is 6.14. The number of thioether (sulfide) groups is 2. The zero-order chi connectivity index (χ0) is 21.3. The Morgan fingerprint density at radius 3 is 2.03 bits per heavy atom. The average molecular weight is 442 g/mol. The van der Waals surface area contributed by atoms with Crippen LogP contribution in [0.25, 0.3) is 0 Å². The molecule has 0 atom stereocenters. The number of hydrogen-bond donors (Lipinski definition) is 1. The molecule has 0 saturated heterocycles. The number of hydrogen-bond acceptors (Lipinski definition) is 7. The van der Waals surface area contributed by atoms with Crippen LogP contribution in [0.15, 0.2) is 64.4 Å². The molecule has 0 radical (unpaired) electrons. The van der Waals surface area contributed by atoms with Gasteiger partial charge in [-0.2, -0.15) is 9.97 Å². The van der Waals surface area contributed by atoms with Crippen molar-refractivity contribution >= 4 is 35.1 Å². The van der Waals surface area contributed by atoms with Gasteiger partial charge in [0.25, 0.3) is 5.91 Å². The third-order valence-corrected chi connectivity index (χ3v) is 5.95.